The first-order valence-corrected chi connectivity index (χ1v) is 11.8. The van der Waals surface area contributed by atoms with Gasteiger partial charge < -0.3 is 15.0 Å². The molecule has 1 atom stereocenters. The second kappa shape index (κ2) is 9.61. The molecule has 1 aromatic carbocycles. The number of amides is 1. The van der Waals surface area contributed by atoms with Crippen LogP contribution in [-0.4, -0.2) is 46.8 Å². The number of hydrogen-bond donors (Lipinski definition) is 1. The highest BCUT2D eigenvalue weighted by molar-refractivity contribution is 8.00. The molecule has 0 unspecified atom stereocenters. The highest BCUT2D eigenvalue weighted by Gasteiger charge is 2.21. The fourth-order valence-electron chi connectivity index (χ4n) is 3.49. The van der Waals surface area contributed by atoms with Crippen LogP contribution in [0.2, 0.25) is 0 Å². The van der Waals surface area contributed by atoms with Crippen molar-refractivity contribution in [3.63, 3.8) is 0 Å². The SMILES string of the molecule is COc1cccc(CNC(=O)CSc2ncnc3nc(N4CCC[C@H](C)C4)sc23)c1. The minimum absolute atomic E-state index is 0.0378. The zero-order valence-corrected chi connectivity index (χ0v) is 18.8. The van der Waals surface area contributed by atoms with Gasteiger partial charge in [-0.05, 0) is 36.5 Å². The molecular formula is C21H25N5O2S2. The molecule has 1 saturated heterocycles. The lowest BCUT2D eigenvalue weighted by Gasteiger charge is -2.30. The number of aromatic nitrogens is 3. The summed E-state index contributed by atoms with van der Waals surface area (Å²) in [4.78, 5) is 28.1. The van der Waals surface area contributed by atoms with E-state index in [9.17, 15) is 4.79 Å². The normalized spacial score (nSPS) is 16.6. The van der Waals surface area contributed by atoms with E-state index in [0.717, 1.165) is 39.3 Å². The number of nitrogens with one attached hydrogen (secondary N) is 1. The molecule has 9 heteroatoms. The Bertz CT molecular complexity index is 1030. The van der Waals surface area contributed by atoms with E-state index in [4.69, 9.17) is 9.72 Å². The molecule has 4 rings (SSSR count). The number of hydrogen-bond acceptors (Lipinski definition) is 8. The zero-order chi connectivity index (χ0) is 20.9. The summed E-state index contributed by atoms with van der Waals surface area (Å²) in [6.07, 6.45) is 3.99. The van der Waals surface area contributed by atoms with Crippen LogP contribution < -0.4 is 15.0 Å². The van der Waals surface area contributed by atoms with Gasteiger partial charge in [-0.15, -0.1) is 0 Å². The zero-order valence-electron chi connectivity index (χ0n) is 17.1. The second-order valence-corrected chi connectivity index (χ2v) is 9.38. The molecule has 0 spiro atoms. The molecule has 3 aromatic rings. The summed E-state index contributed by atoms with van der Waals surface area (Å²) in [6, 6.07) is 7.68. The maximum atomic E-state index is 12.3. The molecule has 2 aromatic heterocycles. The van der Waals surface area contributed by atoms with E-state index in [1.807, 2.05) is 24.3 Å². The number of fused-ring (bicyclic) bond motifs is 1. The van der Waals surface area contributed by atoms with Crippen molar-refractivity contribution in [2.75, 3.05) is 30.9 Å². The fourth-order valence-corrected chi connectivity index (χ4v) is 5.45. The van der Waals surface area contributed by atoms with E-state index in [-0.39, 0.29) is 5.91 Å². The van der Waals surface area contributed by atoms with Gasteiger partial charge >= 0.3 is 0 Å². The van der Waals surface area contributed by atoms with Crippen LogP contribution in [0, 0.1) is 5.92 Å². The summed E-state index contributed by atoms with van der Waals surface area (Å²) >= 11 is 3.05. The van der Waals surface area contributed by atoms with Gasteiger partial charge in [-0.1, -0.05) is 42.2 Å². The molecule has 0 saturated carbocycles. The van der Waals surface area contributed by atoms with E-state index in [1.54, 1.807) is 18.4 Å². The second-order valence-electron chi connectivity index (χ2n) is 7.44. The van der Waals surface area contributed by atoms with Crippen LogP contribution >= 0.6 is 23.1 Å². The Hall–Kier alpha value is -2.39. The van der Waals surface area contributed by atoms with Gasteiger partial charge in [0.15, 0.2) is 10.8 Å². The number of carbonyl (C=O) groups is 1. The van der Waals surface area contributed by atoms with Gasteiger partial charge in [0.05, 0.1) is 12.9 Å². The molecule has 3 heterocycles. The molecule has 1 fully saturated rings. The van der Waals surface area contributed by atoms with Gasteiger partial charge in [-0.25, -0.2) is 9.97 Å². The van der Waals surface area contributed by atoms with E-state index >= 15 is 0 Å². The van der Waals surface area contributed by atoms with Crippen molar-refractivity contribution in [3.8, 4) is 5.75 Å². The molecule has 158 valence electrons. The third-order valence-corrected chi connectivity index (χ3v) is 7.27. The Morgan fingerprint density at radius 1 is 1.40 bits per heavy atom. The lowest BCUT2D eigenvalue weighted by Crippen LogP contribution is -2.34. The van der Waals surface area contributed by atoms with Crippen molar-refractivity contribution in [1.29, 1.82) is 0 Å². The minimum Gasteiger partial charge on any atom is -0.497 e. The van der Waals surface area contributed by atoms with Crippen molar-refractivity contribution < 1.29 is 9.53 Å². The first kappa shape index (κ1) is 20.9. The average Bonchev–Trinajstić information content (AvgIpc) is 3.21. The summed E-state index contributed by atoms with van der Waals surface area (Å²) in [5, 5.41) is 4.76. The lowest BCUT2D eigenvalue weighted by atomic mass is 10.0. The van der Waals surface area contributed by atoms with Crippen LogP contribution in [0.15, 0.2) is 35.6 Å². The van der Waals surface area contributed by atoms with Crippen molar-refractivity contribution in [2.24, 2.45) is 5.92 Å². The standard InChI is InChI=1S/C21H25N5O2S2/c1-14-5-4-8-26(11-14)21-25-19-18(30-21)20(24-13-23-19)29-12-17(27)22-10-15-6-3-7-16(9-15)28-2/h3,6-7,9,13-14H,4-5,8,10-12H2,1-2H3,(H,22,27)/t14-/m0/s1. The quantitative estimate of drug-likeness (QED) is 0.440. The van der Waals surface area contributed by atoms with Crippen molar-refractivity contribution in [1.82, 2.24) is 20.3 Å². The maximum absolute atomic E-state index is 12.3. The van der Waals surface area contributed by atoms with Crippen molar-refractivity contribution >= 4 is 44.5 Å². The predicted molar refractivity (Wildman–Crippen MR) is 121 cm³/mol. The van der Waals surface area contributed by atoms with E-state index in [2.05, 4.69) is 27.1 Å². The van der Waals surface area contributed by atoms with Gasteiger partial charge in [-0.3, -0.25) is 4.79 Å². The summed E-state index contributed by atoms with van der Waals surface area (Å²) in [7, 11) is 1.63. The van der Waals surface area contributed by atoms with E-state index in [0.29, 0.717) is 23.9 Å². The first-order valence-electron chi connectivity index (χ1n) is 10.0. The Balaban J connectivity index is 1.38. The predicted octanol–water partition coefficient (Wildman–Crippen LogP) is 3.74. The third kappa shape index (κ3) is 5.02. The Labute approximate surface area is 184 Å². The van der Waals surface area contributed by atoms with Gasteiger partial charge in [0.25, 0.3) is 0 Å². The molecule has 1 aliphatic heterocycles. The highest BCUT2D eigenvalue weighted by atomic mass is 32.2. The average molecular weight is 444 g/mol. The first-order chi connectivity index (χ1) is 14.6. The van der Waals surface area contributed by atoms with Crippen LogP contribution in [0.3, 0.4) is 0 Å². The van der Waals surface area contributed by atoms with Crippen molar-refractivity contribution in [2.45, 2.75) is 31.3 Å². The van der Waals surface area contributed by atoms with Gasteiger partial charge in [-0.2, -0.15) is 4.98 Å². The molecule has 1 N–H and O–H groups in total. The van der Waals surface area contributed by atoms with Gasteiger partial charge in [0, 0.05) is 19.6 Å². The summed E-state index contributed by atoms with van der Waals surface area (Å²) in [5.74, 6) is 1.72. The van der Waals surface area contributed by atoms with Crippen LogP contribution in [-0.2, 0) is 11.3 Å². The van der Waals surface area contributed by atoms with Crippen LogP contribution in [0.1, 0.15) is 25.3 Å². The van der Waals surface area contributed by atoms with Crippen LogP contribution in [0.25, 0.3) is 10.3 Å². The molecule has 0 aliphatic carbocycles. The summed E-state index contributed by atoms with van der Waals surface area (Å²) in [5.41, 5.74) is 1.71. The molecule has 30 heavy (non-hydrogen) atoms. The van der Waals surface area contributed by atoms with Crippen molar-refractivity contribution in [3.05, 3.63) is 36.2 Å². The number of piperidine rings is 1. The number of methoxy groups -OCH3 is 1. The van der Waals surface area contributed by atoms with E-state index in [1.165, 1.54) is 30.9 Å². The fraction of sp³-hybridized carbons (Fsp3) is 0.429. The number of rotatable bonds is 7. The molecule has 0 radical (unpaired) electrons. The molecule has 0 bridgehead atoms. The number of anilines is 1. The number of thiazole rings is 1. The molecular weight excluding hydrogens is 418 g/mol. The molecule has 1 aliphatic rings. The largest absolute Gasteiger partial charge is 0.497 e. The number of benzene rings is 1. The Kier molecular flexibility index (Phi) is 6.69. The number of ether oxygens (including phenoxy) is 1. The maximum Gasteiger partial charge on any atom is 0.230 e. The summed E-state index contributed by atoms with van der Waals surface area (Å²) < 4.78 is 6.18. The number of carbonyl (C=O) groups excluding carboxylic acids is 1. The highest BCUT2D eigenvalue weighted by Crippen LogP contribution is 2.35. The topological polar surface area (TPSA) is 80.2 Å². The van der Waals surface area contributed by atoms with E-state index < -0.39 is 0 Å². The van der Waals surface area contributed by atoms with Crippen LogP contribution in [0.5, 0.6) is 5.75 Å². The smallest absolute Gasteiger partial charge is 0.230 e. The van der Waals surface area contributed by atoms with Gasteiger partial charge in [0.2, 0.25) is 5.91 Å². The van der Waals surface area contributed by atoms with Crippen LogP contribution in [0.4, 0.5) is 5.13 Å². The third-order valence-electron chi connectivity index (χ3n) is 5.04. The monoisotopic (exact) mass is 443 g/mol. The Morgan fingerprint density at radius 3 is 3.13 bits per heavy atom. The Morgan fingerprint density at radius 2 is 2.30 bits per heavy atom. The van der Waals surface area contributed by atoms with Gasteiger partial charge in [0.1, 0.15) is 21.8 Å². The molecule has 7 nitrogen and oxygen atoms in total. The number of nitrogens with zero attached hydrogens (tertiary/aromatic N) is 4. The lowest BCUT2D eigenvalue weighted by molar-refractivity contribution is -0.118. The summed E-state index contributed by atoms with van der Waals surface area (Å²) in [6.45, 7) is 4.81. The minimum atomic E-state index is -0.0378. The number of thioether (sulfide) groups is 1. The molecule has 1 amide bonds.